The van der Waals surface area contributed by atoms with Crippen LogP contribution in [0.15, 0.2) is 23.0 Å². The van der Waals surface area contributed by atoms with Crippen LogP contribution in [0.1, 0.15) is 55.5 Å². The van der Waals surface area contributed by atoms with Gasteiger partial charge in [-0.05, 0) is 68.9 Å². The Bertz CT molecular complexity index is 1030. The highest BCUT2D eigenvalue weighted by Crippen LogP contribution is 2.45. The molecule has 0 N–H and O–H groups in total. The van der Waals surface area contributed by atoms with E-state index in [2.05, 4.69) is 10.00 Å². The Balaban J connectivity index is 1.02. The molecular formula is C25H33FN4O2. The van der Waals surface area contributed by atoms with Crippen molar-refractivity contribution in [3.8, 4) is 0 Å². The van der Waals surface area contributed by atoms with Gasteiger partial charge in [-0.25, -0.2) is 13.9 Å². The predicted octanol–water partition coefficient (Wildman–Crippen LogP) is 3.29. The maximum atomic E-state index is 14.1. The Morgan fingerprint density at radius 3 is 2.66 bits per heavy atom. The highest BCUT2D eigenvalue weighted by atomic mass is 19.1. The molecule has 3 fully saturated rings. The number of hydrogen-bond donors (Lipinski definition) is 0. The van der Waals surface area contributed by atoms with Crippen LogP contribution in [0.3, 0.4) is 0 Å². The van der Waals surface area contributed by atoms with E-state index in [1.165, 1.54) is 25.3 Å². The van der Waals surface area contributed by atoms with E-state index in [4.69, 9.17) is 4.74 Å². The third kappa shape index (κ3) is 3.73. The van der Waals surface area contributed by atoms with Crippen molar-refractivity contribution in [1.82, 2.24) is 19.2 Å². The standard InChI is InChI=1S/C25H33FN4O2/c1-16-4-2-5-23(26)22(16)15-32-21-11-19-7-8-20(12-21)29(19)13-17-10-18(17)14-30-25(31)28-9-3-6-24(28)27-30/h2,4-5,17-21H,3,6-15H2,1H3/t17-,18-,19?,20?,21?/m0/s1. The largest absolute Gasteiger partial charge is 0.373 e. The molecule has 6 nitrogen and oxygen atoms in total. The molecule has 0 radical (unpaired) electrons. The number of benzene rings is 1. The van der Waals surface area contributed by atoms with Gasteiger partial charge in [0.2, 0.25) is 0 Å². The molecule has 0 amide bonds. The number of aryl methyl sites for hydroxylation is 2. The molecule has 2 unspecified atom stereocenters. The molecule has 172 valence electrons. The van der Waals surface area contributed by atoms with Crippen LogP contribution in [0.25, 0.3) is 0 Å². The van der Waals surface area contributed by atoms with Gasteiger partial charge in [-0.1, -0.05) is 12.1 Å². The van der Waals surface area contributed by atoms with Gasteiger partial charge < -0.3 is 4.74 Å². The summed E-state index contributed by atoms with van der Waals surface area (Å²) in [6.07, 6.45) is 8.01. The molecule has 4 aliphatic rings. The van der Waals surface area contributed by atoms with Gasteiger partial charge in [0.15, 0.2) is 0 Å². The van der Waals surface area contributed by atoms with Crippen LogP contribution in [-0.2, 0) is 30.9 Å². The molecular weight excluding hydrogens is 407 g/mol. The monoisotopic (exact) mass is 440 g/mol. The Hall–Kier alpha value is -1.99. The van der Waals surface area contributed by atoms with Crippen molar-refractivity contribution in [3.05, 3.63) is 51.5 Å². The highest BCUT2D eigenvalue weighted by molar-refractivity contribution is 5.26. The van der Waals surface area contributed by atoms with Crippen molar-refractivity contribution < 1.29 is 9.13 Å². The number of fused-ring (bicyclic) bond motifs is 3. The first-order valence-electron chi connectivity index (χ1n) is 12.3. The fourth-order valence-corrected chi connectivity index (χ4v) is 6.37. The van der Waals surface area contributed by atoms with Gasteiger partial charge in [-0.2, -0.15) is 5.10 Å². The summed E-state index contributed by atoms with van der Waals surface area (Å²) in [5.41, 5.74) is 1.75. The van der Waals surface area contributed by atoms with E-state index < -0.39 is 0 Å². The van der Waals surface area contributed by atoms with Crippen molar-refractivity contribution in [2.75, 3.05) is 6.54 Å². The van der Waals surface area contributed by atoms with E-state index in [-0.39, 0.29) is 17.6 Å². The molecule has 7 heteroatoms. The van der Waals surface area contributed by atoms with E-state index in [1.54, 1.807) is 10.7 Å². The molecule has 1 aromatic carbocycles. The van der Waals surface area contributed by atoms with Crippen LogP contribution in [0.4, 0.5) is 4.39 Å². The van der Waals surface area contributed by atoms with Crippen LogP contribution >= 0.6 is 0 Å². The molecule has 32 heavy (non-hydrogen) atoms. The molecule has 4 atom stereocenters. The number of nitrogens with zero attached hydrogens (tertiary/aromatic N) is 4. The van der Waals surface area contributed by atoms with Crippen molar-refractivity contribution in [2.45, 2.75) is 89.8 Å². The van der Waals surface area contributed by atoms with Crippen LogP contribution in [0.5, 0.6) is 0 Å². The van der Waals surface area contributed by atoms with Crippen molar-refractivity contribution >= 4 is 0 Å². The number of halogens is 1. The van der Waals surface area contributed by atoms with Gasteiger partial charge in [0, 0.05) is 43.7 Å². The number of hydrogen-bond acceptors (Lipinski definition) is 4. The van der Waals surface area contributed by atoms with Crippen LogP contribution < -0.4 is 5.69 Å². The fraction of sp³-hybridized carbons (Fsp3) is 0.680. The molecule has 2 saturated heterocycles. The molecule has 4 heterocycles. The topological polar surface area (TPSA) is 52.3 Å². The molecule has 1 saturated carbocycles. The maximum Gasteiger partial charge on any atom is 0.345 e. The molecule has 1 aliphatic carbocycles. The van der Waals surface area contributed by atoms with Gasteiger partial charge in [0.25, 0.3) is 0 Å². The second kappa shape index (κ2) is 8.10. The van der Waals surface area contributed by atoms with Gasteiger partial charge >= 0.3 is 5.69 Å². The molecule has 6 rings (SSSR count). The number of piperidine rings is 1. The zero-order chi connectivity index (χ0) is 21.8. The average molecular weight is 441 g/mol. The van der Waals surface area contributed by atoms with E-state index in [0.29, 0.717) is 36.1 Å². The summed E-state index contributed by atoms with van der Waals surface area (Å²) in [6, 6.07) is 6.40. The summed E-state index contributed by atoms with van der Waals surface area (Å²) in [4.78, 5) is 15.2. The lowest BCUT2D eigenvalue weighted by atomic mass is 9.99. The number of ether oxygens (including phenoxy) is 1. The molecule has 2 bridgehead atoms. The van der Waals surface area contributed by atoms with Crippen LogP contribution in [-0.4, -0.2) is 44.0 Å². The zero-order valence-corrected chi connectivity index (χ0v) is 18.9. The molecule has 2 aromatic rings. The summed E-state index contributed by atoms with van der Waals surface area (Å²) in [5, 5.41) is 4.57. The Kier molecular flexibility index (Phi) is 5.22. The zero-order valence-electron chi connectivity index (χ0n) is 18.9. The highest BCUT2D eigenvalue weighted by Gasteiger charge is 2.46. The number of aromatic nitrogens is 3. The first-order chi connectivity index (χ1) is 15.6. The second-order valence-corrected chi connectivity index (χ2v) is 10.4. The Morgan fingerprint density at radius 1 is 1.12 bits per heavy atom. The lowest BCUT2D eigenvalue weighted by Gasteiger charge is -2.39. The first-order valence-corrected chi connectivity index (χ1v) is 12.3. The maximum absolute atomic E-state index is 14.1. The minimum absolute atomic E-state index is 0.0891. The first kappa shape index (κ1) is 20.6. The van der Waals surface area contributed by atoms with Crippen molar-refractivity contribution in [1.29, 1.82) is 0 Å². The Labute approximate surface area is 188 Å². The second-order valence-electron chi connectivity index (χ2n) is 10.4. The van der Waals surface area contributed by atoms with Gasteiger partial charge in [-0.15, -0.1) is 0 Å². The summed E-state index contributed by atoms with van der Waals surface area (Å²) < 4.78 is 23.9. The van der Waals surface area contributed by atoms with E-state index >= 15 is 0 Å². The molecule has 3 aliphatic heterocycles. The third-order valence-electron chi connectivity index (χ3n) is 8.36. The quantitative estimate of drug-likeness (QED) is 0.663. The van der Waals surface area contributed by atoms with Crippen LogP contribution in [0.2, 0.25) is 0 Å². The summed E-state index contributed by atoms with van der Waals surface area (Å²) in [7, 11) is 0. The van der Waals surface area contributed by atoms with E-state index in [0.717, 1.165) is 56.7 Å². The lowest BCUT2D eigenvalue weighted by Crippen LogP contribution is -2.46. The predicted molar refractivity (Wildman–Crippen MR) is 119 cm³/mol. The molecule has 0 spiro atoms. The van der Waals surface area contributed by atoms with Gasteiger partial charge in [0.05, 0.1) is 12.7 Å². The van der Waals surface area contributed by atoms with Crippen molar-refractivity contribution in [2.24, 2.45) is 11.8 Å². The Morgan fingerprint density at radius 2 is 1.91 bits per heavy atom. The summed E-state index contributed by atoms with van der Waals surface area (Å²) in [5.74, 6) is 2.07. The lowest BCUT2D eigenvalue weighted by molar-refractivity contribution is -0.0305. The van der Waals surface area contributed by atoms with Gasteiger partial charge in [-0.3, -0.25) is 9.47 Å². The van der Waals surface area contributed by atoms with E-state index in [9.17, 15) is 9.18 Å². The normalized spacial score (nSPS) is 31.2. The fourth-order valence-electron chi connectivity index (χ4n) is 6.37. The van der Waals surface area contributed by atoms with Gasteiger partial charge in [0.1, 0.15) is 11.6 Å². The smallest absolute Gasteiger partial charge is 0.345 e. The summed E-state index contributed by atoms with van der Waals surface area (Å²) >= 11 is 0. The minimum Gasteiger partial charge on any atom is -0.373 e. The number of rotatable bonds is 7. The van der Waals surface area contributed by atoms with Crippen LogP contribution in [0, 0.1) is 24.6 Å². The van der Waals surface area contributed by atoms with Crippen molar-refractivity contribution in [3.63, 3.8) is 0 Å². The summed E-state index contributed by atoms with van der Waals surface area (Å²) in [6.45, 7) is 5.07. The SMILES string of the molecule is Cc1cccc(F)c1COC1CC2CCC(C1)N2C[C@@H]1C[C@H]1Cn1nc2n(c1=O)CCC2. The minimum atomic E-state index is -0.160. The third-order valence-corrected chi connectivity index (χ3v) is 8.36. The molecule has 1 aromatic heterocycles. The van der Waals surface area contributed by atoms with E-state index in [1.807, 2.05) is 17.6 Å². The average Bonchev–Trinajstić information content (AvgIpc) is 3.07.